The molecule has 0 radical (unpaired) electrons. The third-order valence-corrected chi connectivity index (χ3v) is 5.15. The highest BCUT2D eigenvalue weighted by Gasteiger charge is 2.13. The number of benzene rings is 1. The van der Waals surface area contributed by atoms with Gasteiger partial charge in [0.1, 0.15) is 16.9 Å². The zero-order chi connectivity index (χ0) is 17.4. The molecule has 0 fully saturated rings. The Morgan fingerprint density at radius 2 is 2.08 bits per heavy atom. The van der Waals surface area contributed by atoms with Crippen molar-refractivity contribution in [3.05, 3.63) is 57.9 Å². The van der Waals surface area contributed by atoms with Crippen LogP contribution in [0.2, 0.25) is 5.02 Å². The van der Waals surface area contributed by atoms with Crippen LogP contribution in [-0.4, -0.2) is 15.1 Å². The molecule has 126 valence electrons. The number of ether oxygens (including phenoxy) is 1. The minimum absolute atomic E-state index is 0.234. The summed E-state index contributed by atoms with van der Waals surface area (Å²) in [4.78, 5) is 9.40. The fourth-order valence-electron chi connectivity index (χ4n) is 2.57. The van der Waals surface area contributed by atoms with E-state index in [1.807, 2.05) is 43.5 Å². The number of hydrogen-bond acceptors (Lipinski definition) is 6. The van der Waals surface area contributed by atoms with E-state index in [-0.39, 0.29) is 6.61 Å². The summed E-state index contributed by atoms with van der Waals surface area (Å²) in [5.41, 5.74) is 3.71. The molecule has 25 heavy (non-hydrogen) atoms. The molecule has 0 aliphatic rings. The molecule has 5 nitrogen and oxygen atoms in total. The number of nitrogens with zero attached hydrogens (tertiary/aromatic N) is 3. The van der Waals surface area contributed by atoms with E-state index < -0.39 is 0 Å². The first kappa shape index (κ1) is 16.1. The predicted octanol–water partition coefficient (Wildman–Crippen LogP) is 5.20. The first-order valence-corrected chi connectivity index (χ1v) is 8.91. The van der Waals surface area contributed by atoms with Crippen LogP contribution >= 0.6 is 22.9 Å². The zero-order valence-corrected chi connectivity index (χ0v) is 15.2. The molecule has 0 aliphatic heterocycles. The zero-order valence-electron chi connectivity index (χ0n) is 13.6. The van der Waals surface area contributed by atoms with Gasteiger partial charge in [-0.15, -0.1) is 11.3 Å². The van der Waals surface area contributed by atoms with Crippen molar-refractivity contribution >= 4 is 33.2 Å². The quantitative estimate of drug-likeness (QED) is 0.493. The molecular weight excluding hydrogens is 358 g/mol. The maximum Gasteiger partial charge on any atom is 0.226 e. The number of thiophene rings is 1. The summed E-state index contributed by atoms with van der Waals surface area (Å²) in [5, 5.41) is 7.71. The highest BCUT2D eigenvalue weighted by molar-refractivity contribution is 7.17. The molecule has 4 aromatic rings. The maximum atomic E-state index is 6.29. The standard InChI is InChI=1S/C18H14ClN3O2S/c1-10-3-4-13(14(19)5-10)15-6-12(24-22-15)7-23-17-16-11(2)8-25-18(16)21-9-20-17/h3-6,8-9H,7H2,1-2H3. The molecule has 4 rings (SSSR count). The van der Waals surface area contributed by atoms with E-state index in [0.717, 1.165) is 26.9 Å². The molecule has 0 amide bonds. The lowest BCUT2D eigenvalue weighted by molar-refractivity contribution is 0.244. The Hall–Kier alpha value is -2.44. The van der Waals surface area contributed by atoms with E-state index >= 15 is 0 Å². The van der Waals surface area contributed by atoms with Gasteiger partial charge in [-0.2, -0.15) is 0 Å². The molecule has 0 saturated heterocycles. The molecule has 0 saturated carbocycles. The minimum atomic E-state index is 0.234. The van der Waals surface area contributed by atoms with Crippen LogP contribution in [-0.2, 0) is 6.61 Å². The lowest BCUT2D eigenvalue weighted by atomic mass is 10.1. The van der Waals surface area contributed by atoms with Crippen molar-refractivity contribution in [2.24, 2.45) is 0 Å². The molecule has 0 unspecified atom stereocenters. The lowest BCUT2D eigenvalue weighted by Crippen LogP contribution is -1.97. The van der Waals surface area contributed by atoms with Crippen molar-refractivity contribution in [3.8, 4) is 17.1 Å². The van der Waals surface area contributed by atoms with E-state index in [0.29, 0.717) is 22.4 Å². The monoisotopic (exact) mass is 371 g/mol. The van der Waals surface area contributed by atoms with Crippen LogP contribution < -0.4 is 4.74 Å². The second-order valence-electron chi connectivity index (χ2n) is 5.73. The largest absolute Gasteiger partial charge is 0.469 e. The van der Waals surface area contributed by atoms with E-state index in [1.165, 1.54) is 6.33 Å². The van der Waals surface area contributed by atoms with Crippen molar-refractivity contribution in [2.45, 2.75) is 20.5 Å². The van der Waals surface area contributed by atoms with Gasteiger partial charge in [0.15, 0.2) is 12.4 Å². The van der Waals surface area contributed by atoms with Gasteiger partial charge in [0.25, 0.3) is 0 Å². The Bertz CT molecular complexity index is 1060. The summed E-state index contributed by atoms with van der Waals surface area (Å²) in [6.07, 6.45) is 1.51. The first-order valence-electron chi connectivity index (χ1n) is 7.65. The van der Waals surface area contributed by atoms with Crippen LogP contribution in [0.1, 0.15) is 16.9 Å². The highest BCUT2D eigenvalue weighted by atomic mass is 35.5. The van der Waals surface area contributed by atoms with Crippen molar-refractivity contribution in [1.82, 2.24) is 15.1 Å². The van der Waals surface area contributed by atoms with Crippen molar-refractivity contribution in [2.75, 3.05) is 0 Å². The lowest BCUT2D eigenvalue weighted by Gasteiger charge is -2.04. The van der Waals surface area contributed by atoms with Gasteiger partial charge in [0.05, 0.1) is 10.4 Å². The third kappa shape index (κ3) is 3.10. The summed E-state index contributed by atoms with van der Waals surface area (Å²) >= 11 is 7.86. The second-order valence-corrected chi connectivity index (χ2v) is 6.99. The number of halogens is 1. The van der Waals surface area contributed by atoms with Gasteiger partial charge < -0.3 is 9.26 Å². The van der Waals surface area contributed by atoms with Crippen LogP contribution in [0.15, 0.2) is 40.5 Å². The van der Waals surface area contributed by atoms with Crippen LogP contribution in [0.5, 0.6) is 5.88 Å². The number of aryl methyl sites for hydroxylation is 2. The smallest absolute Gasteiger partial charge is 0.226 e. The molecule has 0 atom stereocenters. The number of aromatic nitrogens is 3. The van der Waals surface area contributed by atoms with Gasteiger partial charge in [-0.25, -0.2) is 9.97 Å². The average Bonchev–Trinajstić information content (AvgIpc) is 3.21. The second kappa shape index (κ2) is 6.46. The van der Waals surface area contributed by atoms with Gasteiger partial charge in [0, 0.05) is 11.6 Å². The summed E-state index contributed by atoms with van der Waals surface area (Å²) in [7, 11) is 0. The molecule has 7 heteroatoms. The Morgan fingerprint density at radius 3 is 2.92 bits per heavy atom. The van der Waals surface area contributed by atoms with Crippen molar-refractivity contribution in [3.63, 3.8) is 0 Å². The highest BCUT2D eigenvalue weighted by Crippen LogP contribution is 2.31. The number of rotatable bonds is 4. The Morgan fingerprint density at radius 1 is 1.20 bits per heavy atom. The van der Waals surface area contributed by atoms with Crippen LogP contribution in [0, 0.1) is 13.8 Å². The summed E-state index contributed by atoms with van der Waals surface area (Å²) < 4.78 is 11.2. The van der Waals surface area contributed by atoms with Crippen LogP contribution in [0.4, 0.5) is 0 Å². The Balaban J connectivity index is 1.56. The molecule has 0 spiro atoms. The summed E-state index contributed by atoms with van der Waals surface area (Å²) in [6.45, 7) is 4.24. The van der Waals surface area contributed by atoms with Gasteiger partial charge in [-0.05, 0) is 36.4 Å². The SMILES string of the molecule is Cc1ccc(-c2cc(COc3ncnc4scc(C)c34)on2)c(Cl)c1. The van der Waals surface area contributed by atoms with Crippen LogP contribution in [0.3, 0.4) is 0 Å². The Kier molecular flexibility index (Phi) is 4.15. The Labute approximate surface area is 153 Å². The fourth-order valence-corrected chi connectivity index (χ4v) is 3.78. The molecule has 0 N–H and O–H groups in total. The van der Waals surface area contributed by atoms with E-state index in [1.54, 1.807) is 11.3 Å². The van der Waals surface area contributed by atoms with E-state index in [4.69, 9.17) is 20.9 Å². The number of fused-ring (bicyclic) bond motifs is 1. The number of hydrogen-bond donors (Lipinski definition) is 0. The minimum Gasteiger partial charge on any atom is -0.469 e. The first-order chi connectivity index (χ1) is 12.1. The molecule has 3 heterocycles. The molecule has 0 bridgehead atoms. The summed E-state index contributed by atoms with van der Waals surface area (Å²) in [5.74, 6) is 1.15. The van der Waals surface area contributed by atoms with Crippen LogP contribution in [0.25, 0.3) is 21.5 Å². The molecule has 0 aliphatic carbocycles. The van der Waals surface area contributed by atoms with Gasteiger partial charge in [0.2, 0.25) is 5.88 Å². The fraction of sp³-hybridized carbons (Fsp3) is 0.167. The van der Waals surface area contributed by atoms with Gasteiger partial charge >= 0.3 is 0 Å². The van der Waals surface area contributed by atoms with E-state index in [2.05, 4.69) is 15.1 Å². The van der Waals surface area contributed by atoms with E-state index in [9.17, 15) is 0 Å². The van der Waals surface area contributed by atoms with Gasteiger partial charge in [-0.3, -0.25) is 0 Å². The van der Waals surface area contributed by atoms with Crippen molar-refractivity contribution in [1.29, 1.82) is 0 Å². The molecule has 3 aromatic heterocycles. The third-order valence-electron chi connectivity index (χ3n) is 3.83. The van der Waals surface area contributed by atoms with Crippen molar-refractivity contribution < 1.29 is 9.26 Å². The molecular formula is C18H14ClN3O2S. The normalized spacial score (nSPS) is 11.2. The van der Waals surface area contributed by atoms with Gasteiger partial charge in [-0.1, -0.05) is 28.9 Å². The summed E-state index contributed by atoms with van der Waals surface area (Å²) in [6, 6.07) is 7.65. The topological polar surface area (TPSA) is 61.0 Å². The maximum absolute atomic E-state index is 6.29. The predicted molar refractivity (Wildman–Crippen MR) is 98.2 cm³/mol. The average molecular weight is 372 g/mol. The molecule has 1 aromatic carbocycles.